The van der Waals surface area contributed by atoms with Gasteiger partial charge in [0.2, 0.25) is 0 Å². The van der Waals surface area contributed by atoms with Gasteiger partial charge in [-0.3, -0.25) is 4.72 Å². The van der Waals surface area contributed by atoms with Crippen molar-refractivity contribution in [3.63, 3.8) is 0 Å². The fourth-order valence-corrected chi connectivity index (χ4v) is 2.80. The number of ether oxygens (including phenoxy) is 1. The van der Waals surface area contributed by atoms with Gasteiger partial charge in [-0.15, -0.1) is 0 Å². The van der Waals surface area contributed by atoms with Gasteiger partial charge in [-0.2, -0.15) is 0 Å². The molecule has 2 rings (SSSR count). The maximum atomic E-state index is 12.2. The van der Waals surface area contributed by atoms with Crippen LogP contribution >= 0.6 is 11.6 Å². The molecule has 106 valence electrons. The summed E-state index contributed by atoms with van der Waals surface area (Å²) in [5, 5.41) is 0.470. The summed E-state index contributed by atoms with van der Waals surface area (Å²) in [5.41, 5.74) is 6.44. The Morgan fingerprint density at radius 3 is 2.35 bits per heavy atom. The standard InChI is InChI=1S/C13H13ClN2O3S/c1-19-13-7-4-10(8-12(13)15)16-20(17,18)11-5-2-9(14)3-6-11/h2-8,16H,15H2,1H3. The molecule has 0 unspecified atom stereocenters. The number of nitrogen functional groups attached to an aromatic ring is 1. The first-order valence-corrected chi connectivity index (χ1v) is 7.50. The molecule has 2 aromatic carbocycles. The van der Waals surface area contributed by atoms with Gasteiger partial charge in [0.1, 0.15) is 5.75 Å². The molecular formula is C13H13ClN2O3S. The molecule has 0 amide bonds. The van der Waals surface area contributed by atoms with Gasteiger partial charge in [0.25, 0.3) is 10.0 Å². The fourth-order valence-electron chi connectivity index (χ4n) is 1.63. The Morgan fingerprint density at radius 2 is 1.80 bits per heavy atom. The van der Waals surface area contributed by atoms with Crippen LogP contribution in [-0.4, -0.2) is 15.5 Å². The number of hydrogen-bond acceptors (Lipinski definition) is 4. The Hall–Kier alpha value is -1.92. The minimum absolute atomic E-state index is 0.122. The van der Waals surface area contributed by atoms with Crippen LogP contribution in [0.3, 0.4) is 0 Å². The van der Waals surface area contributed by atoms with Gasteiger partial charge in [0.05, 0.1) is 23.4 Å². The fraction of sp³-hybridized carbons (Fsp3) is 0.0769. The number of hydrogen-bond donors (Lipinski definition) is 2. The summed E-state index contributed by atoms with van der Waals surface area (Å²) < 4.78 is 31.8. The van der Waals surface area contributed by atoms with Crippen molar-refractivity contribution in [1.29, 1.82) is 0 Å². The zero-order valence-electron chi connectivity index (χ0n) is 10.6. The Bertz CT molecular complexity index is 715. The highest BCUT2D eigenvalue weighted by Gasteiger charge is 2.14. The van der Waals surface area contributed by atoms with Crippen LogP contribution in [0.4, 0.5) is 11.4 Å². The monoisotopic (exact) mass is 312 g/mol. The van der Waals surface area contributed by atoms with E-state index in [1.807, 2.05) is 0 Å². The first-order chi connectivity index (χ1) is 9.42. The summed E-state index contributed by atoms with van der Waals surface area (Å²) in [7, 11) is -2.18. The number of methoxy groups -OCH3 is 1. The third-order valence-corrected chi connectivity index (χ3v) is 4.26. The van der Waals surface area contributed by atoms with Crippen LogP contribution in [0.25, 0.3) is 0 Å². The van der Waals surface area contributed by atoms with E-state index in [0.29, 0.717) is 22.1 Å². The number of sulfonamides is 1. The van der Waals surface area contributed by atoms with E-state index in [9.17, 15) is 8.42 Å². The SMILES string of the molecule is COc1ccc(NS(=O)(=O)c2ccc(Cl)cc2)cc1N. The van der Waals surface area contributed by atoms with E-state index in [1.165, 1.54) is 37.4 Å². The van der Waals surface area contributed by atoms with Crippen molar-refractivity contribution in [2.45, 2.75) is 4.90 Å². The maximum Gasteiger partial charge on any atom is 0.261 e. The summed E-state index contributed by atoms with van der Waals surface area (Å²) in [5.74, 6) is 0.486. The molecule has 0 heterocycles. The lowest BCUT2D eigenvalue weighted by atomic mass is 10.2. The zero-order valence-corrected chi connectivity index (χ0v) is 12.2. The summed E-state index contributed by atoms with van der Waals surface area (Å²) in [6.45, 7) is 0. The van der Waals surface area contributed by atoms with Crippen LogP contribution in [-0.2, 0) is 10.0 Å². The van der Waals surface area contributed by atoms with E-state index < -0.39 is 10.0 Å². The van der Waals surface area contributed by atoms with E-state index >= 15 is 0 Å². The van der Waals surface area contributed by atoms with Gasteiger partial charge < -0.3 is 10.5 Å². The Balaban J connectivity index is 2.28. The first-order valence-electron chi connectivity index (χ1n) is 5.64. The van der Waals surface area contributed by atoms with Crippen LogP contribution in [0.5, 0.6) is 5.75 Å². The van der Waals surface area contributed by atoms with Gasteiger partial charge >= 0.3 is 0 Å². The average molecular weight is 313 g/mol. The Labute approximate surface area is 122 Å². The third kappa shape index (κ3) is 3.15. The molecule has 0 bridgehead atoms. The van der Waals surface area contributed by atoms with Gasteiger partial charge in [0.15, 0.2) is 0 Å². The lowest BCUT2D eigenvalue weighted by Crippen LogP contribution is -2.13. The van der Waals surface area contributed by atoms with Gasteiger partial charge in [0, 0.05) is 5.02 Å². The predicted molar refractivity (Wildman–Crippen MR) is 79.7 cm³/mol. The van der Waals surface area contributed by atoms with Crippen molar-refractivity contribution in [2.75, 3.05) is 17.6 Å². The second-order valence-electron chi connectivity index (χ2n) is 4.02. The predicted octanol–water partition coefficient (Wildman–Crippen LogP) is 2.73. The summed E-state index contributed by atoms with van der Waals surface area (Å²) >= 11 is 5.73. The van der Waals surface area contributed by atoms with Crippen LogP contribution in [0.15, 0.2) is 47.4 Å². The highest BCUT2D eigenvalue weighted by molar-refractivity contribution is 7.92. The summed E-state index contributed by atoms with van der Waals surface area (Å²) in [6.07, 6.45) is 0. The molecule has 0 radical (unpaired) electrons. The number of benzene rings is 2. The van der Waals surface area contributed by atoms with Crippen LogP contribution in [0.1, 0.15) is 0 Å². The van der Waals surface area contributed by atoms with Crippen LogP contribution < -0.4 is 15.2 Å². The number of nitrogens with two attached hydrogens (primary N) is 1. The molecule has 0 spiro atoms. The Morgan fingerprint density at radius 1 is 1.15 bits per heavy atom. The quantitative estimate of drug-likeness (QED) is 0.851. The molecular weight excluding hydrogens is 300 g/mol. The second kappa shape index (κ2) is 5.60. The van der Waals surface area contributed by atoms with Crippen molar-refractivity contribution < 1.29 is 13.2 Å². The lowest BCUT2D eigenvalue weighted by molar-refractivity contribution is 0.417. The molecule has 20 heavy (non-hydrogen) atoms. The van der Waals surface area contributed by atoms with Gasteiger partial charge in [-0.1, -0.05) is 11.6 Å². The van der Waals surface area contributed by atoms with Crippen molar-refractivity contribution >= 4 is 33.0 Å². The molecule has 0 saturated heterocycles. The number of anilines is 2. The number of halogens is 1. The summed E-state index contributed by atoms with van der Waals surface area (Å²) in [6, 6.07) is 10.5. The smallest absolute Gasteiger partial charge is 0.261 e. The lowest BCUT2D eigenvalue weighted by Gasteiger charge is -2.10. The maximum absolute atomic E-state index is 12.2. The van der Waals surface area contributed by atoms with Crippen LogP contribution in [0, 0.1) is 0 Å². The number of rotatable bonds is 4. The molecule has 0 saturated carbocycles. The largest absolute Gasteiger partial charge is 0.495 e. The highest BCUT2D eigenvalue weighted by atomic mass is 35.5. The average Bonchev–Trinajstić information content (AvgIpc) is 2.39. The van der Waals surface area contributed by atoms with Gasteiger partial charge in [-0.05, 0) is 42.5 Å². The molecule has 7 heteroatoms. The number of nitrogens with one attached hydrogen (secondary N) is 1. The van der Waals surface area contributed by atoms with Crippen molar-refractivity contribution in [1.82, 2.24) is 0 Å². The highest BCUT2D eigenvalue weighted by Crippen LogP contribution is 2.26. The topological polar surface area (TPSA) is 81.4 Å². The van der Waals surface area contributed by atoms with Crippen molar-refractivity contribution in [3.8, 4) is 5.75 Å². The minimum atomic E-state index is -3.67. The van der Waals surface area contributed by atoms with E-state index in [1.54, 1.807) is 12.1 Å². The molecule has 2 aromatic rings. The van der Waals surface area contributed by atoms with Crippen molar-refractivity contribution in [3.05, 3.63) is 47.5 Å². The molecule has 3 N–H and O–H groups in total. The molecule has 0 atom stereocenters. The third-order valence-electron chi connectivity index (χ3n) is 2.61. The van der Waals surface area contributed by atoms with Crippen LogP contribution in [0.2, 0.25) is 5.02 Å². The second-order valence-corrected chi connectivity index (χ2v) is 6.13. The molecule has 5 nitrogen and oxygen atoms in total. The first kappa shape index (κ1) is 14.5. The zero-order chi connectivity index (χ0) is 14.8. The van der Waals surface area contributed by atoms with E-state index in [-0.39, 0.29) is 4.90 Å². The summed E-state index contributed by atoms with van der Waals surface area (Å²) in [4.78, 5) is 0.122. The molecule has 0 aliphatic rings. The Kier molecular flexibility index (Phi) is 4.06. The van der Waals surface area contributed by atoms with Crippen molar-refractivity contribution in [2.24, 2.45) is 0 Å². The molecule has 0 fully saturated rings. The van der Waals surface area contributed by atoms with Gasteiger partial charge in [-0.25, -0.2) is 8.42 Å². The molecule has 0 aliphatic heterocycles. The van der Waals surface area contributed by atoms with E-state index in [2.05, 4.69) is 4.72 Å². The normalized spacial score (nSPS) is 11.1. The van der Waals surface area contributed by atoms with E-state index in [4.69, 9.17) is 22.1 Å². The molecule has 0 aliphatic carbocycles. The minimum Gasteiger partial charge on any atom is -0.495 e. The molecule has 0 aromatic heterocycles. The van der Waals surface area contributed by atoms with E-state index in [0.717, 1.165) is 0 Å².